The monoisotopic (exact) mass is 182 g/mol. The lowest BCUT2D eigenvalue weighted by atomic mass is 10.1. The van der Waals surface area contributed by atoms with Gasteiger partial charge in [-0.3, -0.25) is 0 Å². The molecule has 0 fully saturated rings. The number of unbranched alkanes of at least 4 members (excludes halogenated alkanes) is 3. The summed E-state index contributed by atoms with van der Waals surface area (Å²) >= 11 is 0. The third-order valence-corrected chi connectivity index (χ3v) is 2.03. The Kier molecular flexibility index (Phi) is 9.18. The highest BCUT2D eigenvalue weighted by atomic mass is 16.2. The minimum Gasteiger partial charge on any atom is -0.396 e. The Balaban J connectivity index is 3.48. The molecule has 76 valence electrons. The van der Waals surface area contributed by atoms with Crippen LogP contribution in [0.1, 0.15) is 52.4 Å². The molecule has 0 radical (unpaired) electrons. The minimum absolute atomic E-state index is 0.232. The Morgan fingerprint density at radius 3 is 2.69 bits per heavy atom. The van der Waals surface area contributed by atoms with E-state index < -0.39 is 0 Å². The Morgan fingerprint density at radius 2 is 2.08 bits per heavy atom. The van der Waals surface area contributed by atoms with Gasteiger partial charge in [0.15, 0.2) is 0 Å². The van der Waals surface area contributed by atoms with Crippen LogP contribution in [-0.2, 0) is 0 Å². The maximum Gasteiger partial charge on any atom is 0.0471 e. The van der Waals surface area contributed by atoms with Gasteiger partial charge in [0.2, 0.25) is 0 Å². The zero-order valence-electron chi connectivity index (χ0n) is 8.97. The van der Waals surface area contributed by atoms with Gasteiger partial charge >= 0.3 is 0 Å². The quantitative estimate of drug-likeness (QED) is 0.472. The molecule has 1 nitrogen and oxygen atoms in total. The van der Waals surface area contributed by atoms with Crippen LogP contribution in [0.2, 0.25) is 0 Å². The Morgan fingerprint density at radius 1 is 1.31 bits per heavy atom. The average Bonchev–Trinajstić information content (AvgIpc) is 2.13. The van der Waals surface area contributed by atoms with Crippen LogP contribution in [0.15, 0.2) is 17.4 Å². The second kappa shape index (κ2) is 9.57. The molecule has 0 aliphatic carbocycles. The lowest BCUT2D eigenvalue weighted by Gasteiger charge is -1.97. The maximum absolute atomic E-state index is 8.54. The van der Waals surface area contributed by atoms with Crippen LogP contribution in [0.3, 0.4) is 0 Å². The van der Waals surface area contributed by atoms with Crippen LogP contribution >= 0.6 is 0 Å². The summed E-state index contributed by atoms with van der Waals surface area (Å²) in [6.45, 7) is 4.57. The topological polar surface area (TPSA) is 20.2 Å². The summed E-state index contributed by atoms with van der Waals surface area (Å²) in [4.78, 5) is 0. The molecular formula is C12H22O. The zero-order valence-corrected chi connectivity index (χ0v) is 8.97. The van der Waals surface area contributed by atoms with Crippen LogP contribution in [0.4, 0.5) is 0 Å². The molecule has 0 saturated carbocycles. The summed E-state index contributed by atoms with van der Waals surface area (Å²) in [6.07, 6.45) is 9.05. The van der Waals surface area contributed by atoms with Gasteiger partial charge in [0, 0.05) is 6.61 Å². The molecule has 1 N–H and O–H groups in total. The number of hydrogen-bond acceptors (Lipinski definition) is 1. The van der Waals surface area contributed by atoms with Crippen molar-refractivity contribution in [2.45, 2.75) is 52.4 Å². The van der Waals surface area contributed by atoms with Gasteiger partial charge < -0.3 is 5.11 Å². The highest BCUT2D eigenvalue weighted by molar-refractivity contribution is 4.97. The number of aliphatic hydroxyl groups excluding tert-OH is 1. The summed E-state index contributed by atoms with van der Waals surface area (Å²) in [7, 11) is 0. The predicted octanol–water partition coefficient (Wildman–Crippen LogP) is 3.44. The van der Waals surface area contributed by atoms with Gasteiger partial charge in [0.1, 0.15) is 0 Å². The van der Waals surface area contributed by atoms with E-state index in [2.05, 4.69) is 19.6 Å². The van der Waals surface area contributed by atoms with Gasteiger partial charge in [0.25, 0.3) is 0 Å². The Hall–Kier alpha value is -0.520. The third-order valence-electron chi connectivity index (χ3n) is 2.03. The van der Waals surface area contributed by atoms with Gasteiger partial charge in [-0.1, -0.05) is 26.2 Å². The lowest BCUT2D eigenvalue weighted by molar-refractivity contribution is 0.302. The summed E-state index contributed by atoms with van der Waals surface area (Å²) in [5.74, 6) is 0. The standard InChI is InChI=1S/C12H22O/c1-3-4-5-6-9-12(2)10-7-8-11-13/h7,13H,3-6,8-9,11H2,1-2H3. The smallest absolute Gasteiger partial charge is 0.0471 e. The fourth-order valence-electron chi connectivity index (χ4n) is 1.20. The first-order valence-electron chi connectivity index (χ1n) is 5.32. The van der Waals surface area contributed by atoms with Crippen LogP contribution in [-0.4, -0.2) is 11.7 Å². The fraction of sp³-hybridized carbons (Fsp3) is 0.750. The highest BCUT2D eigenvalue weighted by Gasteiger charge is 1.89. The van der Waals surface area contributed by atoms with Gasteiger partial charge in [0.05, 0.1) is 0 Å². The van der Waals surface area contributed by atoms with Crippen LogP contribution in [0.5, 0.6) is 0 Å². The Labute approximate surface area is 82.2 Å². The molecule has 0 unspecified atom stereocenters. The Bertz CT molecular complexity index is 164. The van der Waals surface area contributed by atoms with Crippen molar-refractivity contribution in [1.82, 2.24) is 0 Å². The van der Waals surface area contributed by atoms with Gasteiger partial charge in [-0.25, -0.2) is 0 Å². The normalized spacial score (nSPS) is 9.46. The summed E-state index contributed by atoms with van der Waals surface area (Å²) in [5.41, 5.74) is 4.50. The first-order valence-corrected chi connectivity index (χ1v) is 5.32. The van der Waals surface area contributed by atoms with Crippen molar-refractivity contribution in [2.75, 3.05) is 6.61 Å². The van der Waals surface area contributed by atoms with Gasteiger partial charge in [-0.2, -0.15) is 0 Å². The molecular weight excluding hydrogens is 160 g/mol. The SMILES string of the molecule is CCCCCCC(C)=C=CCCO. The third kappa shape index (κ3) is 9.39. The van der Waals surface area contributed by atoms with Crippen LogP contribution in [0.25, 0.3) is 0 Å². The molecule has 0 aromatic carbocycles. The number of rotatable bonds is 7. The molecule has 0 aliphatic rings. The first-order chi connectivity index (χ1) is 6.31. The molecule has 0 aromatic heterocycles. The van der Waals surface area contributed by atoms with E-state index >= 15 is 0 Å². The molecule has 1 heteroatoms. The lowest BCUT2D eigenvalue weighted by Crippen LogP contribution is -1.79. The zero-order chi connectivity index (χ0) is 9.94. The molecule has 0 bridgehead atoms. The van der Waals surface area contributed by atoms with E-state index in [-0.39, 0.29) is 6.61 Å². The first kappa shape index (κ1) is 12.5. The molecule has 0 atom stereocenters. The molecule has 0 heterocycles. The van der Waals surface area contributed by atoms with E-state index in [1.165, 1.54) is 31.3 Å². The predicted molar refractivity (Wildman–Crippen MR) is 57.7 cm³/mol. The highest BCUT2D eigenvalue weighted by Crippen LogP contribution is 2.08. The molecule has 0 amide bonds. The number of aliphatic hydroxyl groups is 1. The van der Waals surface area contributed by atoms with E-state index in [4.69, 9.17) is 5.11 Å². The van der Waals surface area contributed by atoms with E-state index in [0.29, 0.717) is 0 Å². The summed E-state index contributed by atoms with van der Waals surface area (Å²) in [6, 6.07) is 0. The molecule has 0 rings (SSSR count). The molecule has 0 saturated heterocycles. The van der Waals surface area contributed by atoms with E-state index in [0.717, 1.165) is 12.8 Å². The van der Waals surface area contributed by atoms with Crippen molar-refractivity contribution in [1.29, 1.82) is 0 Å². The van der Waals surface area contributed by atoms with E-state index in [1.807, 2.05) is 6.08 Å². The molecule has 0 aromatic rings. The summed E-state index contributed by atoms with van der Waals surface area (Å²) < 4.78 is 0. The molecule has 0 aliphatic heterocycles. The second-order valence-electron chi connectivity index (χ2n) is 3.45. The molecule has 13 heavy (non-hydrogen) atoms. The van der Waals surface area contributed by atoms with Gasteiger partial charge in [-0.15, -0.1) is 5.73 Å². The maximum atomic E-state index is 8.54. The van der Waals surface area contributed by atoms with E-state index in [9.17, 15) is 0 Å². The van der Waals surface area contributed by atoms with Crippen LogP contribution in [0, 0.1) is 0 Å². The van der Waals surface area contributed by atoms with Crippen molar-refractivity contribution in [3.8, 4) is 0 Å². The molecule has 0 spiro atoms. The van der Waals surface area contributed by atoms with Crippen molar-refractivity contribution < 1.29 is 5.11 Å². The van der Waals surface area contributed by atoms with Crippen molar-refractivity contribution in [2.24, 2.45) is 0 Å². The van der Waals surface area contributed by atoms with Crippen molar-refractivity contribution in [3.63, 3.8) is 0 Å². The fourth-order valence-corrected chi connectivity index (χ4v) is 1.20. The van der Waals surface area contributed by atoms with Crippen LogP contribution < -0.4 is 0 Å². The largest absolute Gasteiger partial charge is 0.396 e. The summed E-state index contributed by atoms with van der Waals surface area (Å²) in [5, 5.41) is 8.54. The number of hydrogen-bond donors (Lipinski definition) is 1. The second-order valence-corrected chi connectivity index (χ2v) is 3.45. The van der Waals surface area contributed by atoms with E-state index in [1.54, 1.807) is 0 Å². The van der Waals surface area contributed by atoms with Gasteiger partial charge in [-0.05, 0) is 37.8 Å². The minimum atomic E-state index is 0.232. The van der Waals surface area contributed by atoms with Crippen molar-refractivity contribution >= 4 is 0 Å². The average molecular weight is 182 g/mol. The van der Waals surface area contributed by atoms with Crippen molar-refractivity contribution in [3.05, 3.63) is 17.4 Å².